The van der Waals surface area contributed by atoms with E-state index in [-0.39, 0.29) is 6.54 Å². The number of hydrogen-bond donors (Lipinski definition) is 3. The second kappa shape index (κ2) is 5.27. The lowest BCUT2D eigenvalue weighted by Gasteiger charge is -2.09. The zero-order chi connectivity index (χ0) is 12.1. The molecule has 0 saturated heterocycles. The second-order valence-corrected chi connectivity index (χ2v) is 3.46. The van der Waals surface area contributed by atoms with E-state index in [1.807, 2.05) is 31.2 Å². The minimum absolute atomic E-state index is 0.284. The zero-order valence-electron chi connectivity index (χ0n) is 8.93. The average Bonchev–Trinajstić information content (AvgIpc) is 2.26. The predicted octanol–water partition coefficient (Wildman–Crippen LogP) is 0.0231. The van der Waals surface area contributed by atoms with Crippen LogP contribution in [-0.4, -0.2) is 23.0 Å². The molecule has 0 aliphatic carbocycles. The van der Waals surface area contributed by atoms with Gasteiger partial charge in [0.25, 0.3) is 0 Å². The third kappa shape index (κ3) is 3.06. The monoisotopic (exact) mass is 222 g/mol. The number of nitrogens with one attached hydrogen (secondary N) is 1. The number of nitrogens with two attached hydrogens (primary N) is 1. The van der Waals surface area contributed by atoms with Gasteiger partial charge in [-0.25, -0.2) is 4.79 Å². The van der Waals surface area contributed by atoms with Crippen LogP contribution in [-0.2, 0) is 16.1 Å². The molecule has 0 heterocycles. The number of rotatable bonds is 4. The van der Waals surface area contributed by atoms with Gasteiger partial charge in [-0.15, -0.1) is 0 Å². The van der Waals surface area contributed by atoms with Crippen LogP contribution in [0.4, 0.5) is 0 Å². The number of carbonyl (C=O) groups excluding carboxylic acids is 1. The van der Waals surface area contributed by atoms with E-state index in [4.69, 9.17) is 10.8 Å². The summed E-state index contributed by atoms with van der Waals surface area (Å²) in [5.41, 5.74) is 7.12. The number of aryl methyl sites for hydroxylation is 1. The molecule has 86 valence electrons. The van der Waals surface area contributed by atoms with Crippen molar-refractivity contribution in [3.63, 3.8) is 0 Å². The fraction of sp³-hybridized carbons (Fsp3) is 0.273. The maximum Gasteiger partial charge on any atom is 0.330 e. The topological polar surface area (TPSA) is 92.4 Å². The first-order chi connectivity index (χ1) is 7.52. The first kappa shape index (κ1) is 12.2. The highest BCUT2D eigenvalue weighted by Crippen LogP contribution is 2.05. The molecule has 1 aromatic rings. The minimum Gasteiger partial charge on any atom is -0.480 e. The van der Waals surface area contributed by atoms with E-state index in [0.29, 0.717) is 0 Å². The largest absolute Gasteiger partial charge is 0.480 e. The quantitative estimate of drug-likeness (QED) is 0.626. The maximum absolute atomic E-state index is 11.3. The van der Waals surface area contributed by atoms with Gasteiger partial charge in [-0.3, -0.25) is 4.79 Å². The molecule has 0 bridgehead atoms. The summed E-state index contributed by atoms with van der Waals surface area (Å²) in [5, 5.41) is 11.0. The summed E-state index contributed by atoms with van der Waals surface area (Å²) >= 11 is 0. The lowest BCUT2D eigenvalue weighted by Crippen LogP contribution is -2.45. The van der Waals surface area contributed by atoms with Crippen molar-refractivity contribution in [2.75, 3.05) is 0 Å². The van der Waals surface area contributed by atoms with Crippen molar-refractivity contribution < 1.29 is 14.7 Å². The molecule has 0 spiro atoms. The van der Waals surface area contributed by atoms with Gasteiger partial charge in [0, 0.05) is 6.54 Å². The van der Waals surface area contributed by atoms with Crippen molar-refractivity contribution in [1.29, 1.82) is 0 Å². The van der Waals surface area contributed by atoms with Crippen molar-refractivity contribution >= 4 is 11.9 Å². The lowest BCUT2D eigenvalue weighted by atomic mass is 10.1. The number of carbonyl (C=O) groups is 2. The summed E-state index contributed by atoms with van der Waals surface area (Å²) in [4.78, 5) is 21.7. The lowest BCUT2D eigenvalue weighted by molar-refractivity contribution is -0.142. The fourth-order valence-corrected chi connectivity index (χ4v) is 1.21. The van der Waals surface area contributed by atoms with Crippen LogP contribution in [0.15, 0.2) is 24.3 Å². The van der Waals surface area contributed by atoms with E-state index < -0.39 is 17.9 Å². The van der Waals surface area contributed by atoms with Crippen LogP contribution in [0.1, 0.15) is 11.1 Å². The molecular formula is C11H14N2O3. The molecule has 1 rings (SSSR count). The standard InChI is InChI=1S/C11H14N2O3/c1-7-4-2-3-5-8(7)6-13-10(14)9(12)11(15)16/h2-5,9H,6,12H2,1H3,(H,13,14)(H,15,16). The van der Waals surface area contributed by atoms with Gasteiger partial charge in [-0.05, 0) is 18.1 Å². The van der Waals surface area contributed by atoms with Crippen LogP contribution in [0, 0.1) is 6.92 Å². The number of benzene rings is 1. The van der Waals surface area contributed by atoms with Crippen molar-refractivity contribution in [3.05, 3.63) is 35.4 Å². The van der Waals surface area contributed by atoms with Gasteiger partial charge in [0.05, 0.1) is 0 Å². The number of carboxylic acid groups (broad SMARTS) is 1. The molecule has 1 unspecified atom stereocenters. The smallest absolute Gasteiger partial charge is 0.330 e. The van der Waals surface area contributed by atoms with Crippen LogP contribution in [0.2, 0.25) is 0 Å². The fourth-order valence-electron chi connectivity index (χ4n) is 1.21. The van der Waals surface area contributed by atoms with Crippen LogP contribution in [0.25, 0.3) is 0 Å². The van der Waals surface area contributed by atoms with Gasteiger partial charge in [-0.1, -0.05) is 24.3 Å². The van der Waals surface area contributed by atoms with Gasteiger partial charge < -0.3 is 16.2 Å². The van der Waals surface area contributed by atoms with E-state index >= 15 is 0 Å². The van der Waals surface area contributed by atoms with Crippen LogP contribution >= 0.6 is 0 Å². The van der Waals surface area contributed by atoms with Crippen molar-refractivity contribution in [2.24, 2.45) is 5.73 Å². The van der Waals surface area contributed by atoms with Crippen LogP contribution < -0.4 is 11.1 Å². The van der Waals surface area contributed by atoms with Crippen molar-refractivity contribution in [2.45, 2.75) is 19.5 Å². The molecule has 1 atom stereocenters. The Hall–Kier alpha value is -1.88. The van der Waals surface area contributed by atoms with Gasteiger partial charge >= 0.3 is 5.97 Å². The SMILES string of the molecule is Cc1ccccc1CNC(=O)C(N)C(=O)O. The van der Waals surface area contributed by atoms with Gasteiger partial charge in [0.2, 0.25) is 5.91 Å². The van der Waals surface area contributed by atoms with Gasteiger partial charge in [0.15, 0.2) is 6.04 Å². The highest BCUT2D eigenvalue weighted by atomic mass is 16.4. The molecule has 1 amide bonds. The van der Waals surface area contributed by atoms with Crippen LogP contribution in [0.3, 0.4) is 0 Å². The van der Waals surface area contributed by atoms with E-state index in [0.717, 1.165) is 11.1 Å². The molecular weight excluding hydrogens is 208 g/mol. The summed E-state index contributed by atoms with van der Waals surface area (Å²) < 4.78 is 0. The molecule has 1 aromatic carbocycles. The van der Waals surface area contributed by atoms with E-state index in [1.165, 1.54) is 0 Å². The van der Waals surface area contributed by atoms with Crippen LogP contribution in [0.5, 0.6) is 0 Å². The van der Waals surface area contributed by atoms with Crippen molar-refractivity contribution in [1.82, 2.24) is 5.32 Å². The number of hydrogen-bond acceptors (Lipinski definition) is 3. The molecule has 0 fully saturated rings. The molecule has 5 heteroatoms. The Labute approximate surface area is 93.3 Å². The molecule has 0 aliphatic rings. The normalized spacial score (nSPS) is 11.9. The summed E-state index contributed by atoms with van der Waals surface area (Å²) in [6.07, 6.45) is 0. The third-order valence-corrected chi connectivity index (χ3v) is 2.26. The average molecular weight is 222 g/mol. The Kier molecular flexibility index (Phi) is 4.02. The summed E-state index contributed by atoms with van der Waals surface area (Å²) in [7, 11) is 0. The third-order valence-electron chi connectivity index (χ3n) is 2.26. The molecule has 0 aromatic heterocycles. The first-order valence-electron chi connectivity index (χ1n) is 4.83. The predicted molar refractivity (Wildman–Crippen MR) is 58.6 cm³/mol. The second-order valence-electron chi connectivity index (χ2n) is 3.46. The highest BCUT2D eigenvalue weighted by molar-refractivity contribution is 6.00. The Morgan fingerprint density at radius 2 is 2.06 bits per heavy atom. The van der Waals surface area contributed by atoms with E-state index in [2.05, 4.69) is 5.32 Å². The summed E-state index contributed by atoms with van der Waals surface area (Å²) in [5.74, 6) is -2.02. The van der Waals surface area contributed by atoms with Gasteiger partial charge in [-0.2, -0.15) is 0 Å². The van der Waals surface area contributed by atoms with Gasteiger partial charge in [0.1, 0.15) is 0 Å². The van der Waals surface area contributed by atoms with E-state index in [1.54, 1.807) is 0 Å². The molecule has 0 radical (unpaired) electrons. The van der Waals surface area contributed by atoms with E-state index in [9.17, 15) is 9.59 Å². The molecule has 5 nitrogen and oxygen atoms in total. The van der Waals surface area contributed by atoms with Crippen molar-refractivity contribution in [3.8, 4) is 0 Å². The molecule has 0 saturated carbocycles. The number of aliphatic carboxylic acids is 1. The number of amides is 1. The maximum atomic E-state index is 11.3. The number of carboxylic acids is 1. The highest BCUT2D eigenvalue weighted by Gasteiger charge is 2.20. The Balaban J connectivity index is 2.56. The zero-order valence-corrected chi connectivity index (χ0v) is 8.93. The Morgan fingerprint density at radius 1 is 1.44 bits per heavy atom. The molecule has 0 aliphatic heterocycles. The molecule has 16 heavy (non-hydrogen) atoms. The molecule has 4 N–H and O–H groups in total. The Bertz CT molecular complexity index is 404. The Morgan fingerprint density at radius 3 is 2.62 bits per heavy atom. The summed E-state index contributed by atoms with van der Waals surface area (Å²) in [6.45, 7) is 2.20. The summed E-state index contributed by atoms with van der Waals surface area (Å²) in [6, 6.07) is 6.01. The minimum atomic E-state index is -1.51. The first-order valence-corrected chi connectivity index (χ1v) is 4.83.